The SMILES string of the molecule is CCC(Nc1ccnc(C(=O)OC)c1)C(C)C. The van der Waals surface area contributed by atoms with Crippen LogP contribution in [0.1, 0.15) is 37.7 Å². The molecule has 0 aliphatic rings. The number of ether oxygens (including phenoxy) is 1. The number of nitrogens with one attached hydrogen (secondary N) is 1. The Balaban J connectivity index is 2.81. The van der Waals surface area contributed by atoms with Crippen LogP contribution in [0.2, 0.25) is 0 Å². The number of rotatable bonds is 5. The summed E-state index contributed by atoms with van der Waals surface area (Å²) in [5, 5.41) is 3.40. The number of nitrogens with zero attached hydrogens (tertiary/aromatic N) is 1. The van der Waals surface area contributed by atoms with E-state index in [4.69, 9.17) is 0 Å². The number of pyridine rings is 1. The molecule has 1 aromatic rings. The monoisotopic (exact) mass is 236 g/mol. The number of aromatic nitrogens is 1. The summed E-state index contributed by atoms with van der Waals surface area (Å²) >= 11 is 0. The molecule has 1 atom stereocenters. The predicted octanol–water partition coefficient (Wildman–Crippen LogP) is 2.71. The summed E-state index contributed by atoms with van der Waals surface area (Å²) < 4.78 is 4.64. The van der Waals surface area contributed by atoms with E-state index < -0.39 is 5.97 Å². The molecule has 0 bridgehead atoms. The Kier molecular flexibility index (Phi) is 4.94. The minimum atomic E-state index is -0.411. The molecule has 94 valence electrons. The lowest BCUT2D eigenvalue weighted by Gasteiger charge is -2.22. The highest BCUT2D eigenvalue weighted by atomic mass is 16.5. The molecule has 17 heavy (non-hydrogen) atoms. The lowest BCUT2D eigenvalue weighted by molar-refractivity contribution is 0.0594. The van der Waals surface area contributed by atoms with Crippen molar-refractivity contribution in [3.8, 4) is 0 Å². The van der Waals surface area contributed by atoms with Gasteiger partial charge in [0.15, 0.2) is 0 Å². The van der Waals surface area contributed by atoms with E-state index in [2.05, 4.69) is 35.8 Å². The second kappa shape index (κ2) is 6.23. The van der Waals surface area contributed by atoms with Crippen molar-refractivity contribution < 1.29 is 9.53 Å². The van der Waals surface area contributed by atoms with Crippen LogP contribution in [0.25, 0.3) is 0 Å². The van der Waals surface area contributed by atoms with Gasteiger partial charge in [-0.15, -0.1) is 0 Å². The van der Waals surface area contributed by atoms with Crippen LogP contribution in [0.4, 0.5) is 5.69 Å². The summed E-state index contributed by atoms with van der Waals surface area (Å²) in [4.78, 5) is 15.3. The molecule has 1 unspecified atom stereocenters. The highest BCUT2D eigenvalue weighted by molar-refractivity contribution is 5.88. The summed E-state index contributed by atoms with van der Waals surface area (Å²) in [7, 11) is 1.35. The number of hydrogen-bond donors (Lipinski definition) is 1. The van der Waals surface area contributed by atoms with E-state index in [1.807, 2.05) is 6.07 Å². The fourth-order valence-electron chi connectivity index (χ4n) is 1.69. The molecule has 4 nitrogen and oxygen atoms in total. The number of hydrogen-bond acceptors (Lipinski definition) is 4. The molecule has 0 fully saturated rings. The number of esters is 1. The van der Waals surface area contributed by atoms with Gasteiger partial charge < -0.3 is 10.1 Å². The van der Waals surface area contributed by atoms with Crippen LogP contribution in [0, 0.1) is 5.92 Å². The third kappa shape index (κ3) is 3.73. The van der Waals surface area contributed by atoms with Gasteiger partial charge in [0.2, 0.25) is 0 Å². The second-order valence-electron chi connectivity index (χ2n) is 4.32. The molecule has 1 heterocycles. The van der Waals surface area contributed by atoms with Crippen molar-refractivity contribution in [2.45, 2.75) is 33.2 Å². The minimum absolute atomic E-state index is 0.330. The first-order valence-corrected chi connectivity index (χ1v) is 5.89. The summed E-state index contributed by atoms with van der Waals surface area (Å²) in [6.07, 6.45) is 2.65. The molecule has 0 aromatic carbocycles. The first-order valence-electron chi connectivity index (χ1n) is 5.89. The van der Waals surface area contributed by atoms with Gasteiger partial charge in [-0.2, -0.15) is 0 Å². The Morgan fingerprint density at radius 3 is 2.76 bits per heavy atom. The molecule has 0 spiro atoms. The molecule has 0 amide bonds. The van der Waals surface area contributed by atoms with E-state index in [1.54, 1.807) is 12.3 Å². The van der Waals surface area contributed by atoms with Gasteiger partial charge >= 0.3 is 5.97 Å². The zero-order chi connectivity index (χ0) is 12.8. The summed E-state index contributed by atoms with van der Waals surface area (Å²) in [6.45, 7) is 6.48. The summed E-state index contributed by atoms with van der Waals surface area (Å²) in [6, 6.07) is 3.97. The Hall–Kier alpha value is -1.58. The maximum absolute atomic E-state index is 11.3. The molecule has 0 saturated heterocycles. The Morgan fingerprint density at radius 1 is 1.53 bits per heavy atom. The maximum Gasteiger partial charge on any atom is 0.356 e. The van der Waals surface area contributed by atoms with Crippen LogP contribution in [0.5, 0.6) is 0 Å². The molecule has 0 saturated carbocycles. The van der Waals surface area contributed by atoms with Gasteiger partial charge in [0.25, 0.3) is 0 Å². The van der Waals surface area contributed by atoms with Gasteiger partial charge in [0.05, 0.1) is 7.11 Å². The Bertz CT molecular complexity index is 377. The standard InChI is InChI=1S/C13H20N2O2/c1-5-11(9(2)3)15-10-6-7-14-12(8-10)13(16)17-4/h6-9,11H,5H2,1-4H3,(H,14,15). The van der Waals surface area contributed by atoms with Gasteiger partial charge in [0.1, 0.15) is 5.69 Å². The predicted molar refractivity (Wildman–Crippen MR) is 68.1 cm³/mol. The third-order valence-electron chi connectivity index (χ3n) is 2.75. The van der Waals surface area contributed by atoms with Crippen molar-refractivity contribution in [3.05, 3.63) is 24.0 Å². The third-order valence-corrected chi connectivity index (χ3v) is 2.75. The van der Waals surface area contributed by atoms with Crippen LogP contribution in [-0.4, -0.2) is 24.1 Å². The van der Waals surface area contributed by atoms with Crippen molar-refractivity contribution in [1.82, 2.24) is 4.98 Å². The first kappa shape index (κ1) is 13.5. The quantitative estimate of drug-likeness (QED) is 0.799. The van der Waals surface area contributed by atoms with E-state index in [0.29, 0.717) is 17.7 Å². The van der Waals surface area contributed by atoms with Crippen LogP contribution in [-0.2, 0) is 4.74 Å². The fraction of sp³-hybridized carbons (Fsp3) is 0.538. The van der Waals surface area contributed by atoms with E-state index in [-0.39, 0.29) is 0 Å². The minimum Gasteiger partial charge on any atom is -0.464 e. The molecule has 1 rings (SSSR count). The first-order chi connectivity index (χ1) is 8.08. The van der Waals surface area contributed by atoms with Gasteiger partial charge in [-0.3, -0.25) is 0 Å². The fourth-order valence-corrected chi connectivity index (χ4v) is 1.69. The molecule has 0 aliphatic heterocycles. The smallest absolute Gasteiger partial charge is 0.356 e. The average molecular weight is 236 g/mol. The molecule has 4 heteroatoms. The van der Waals surface area contributed by atoms with E-state index >= 15 is 0 Å². The van der Waals surface area contributed by atoms with E-state index in [0.717, 1.165) is 12.1 Å². The topological polar surface area (TPSA) is 51.2 Å². The number of anilines is 1. The van der Waals surface area contributed by atoms with Crippen LogP contribution in [0.3, 0.4) is 0 Å². The van der Waals surface area contributed by atoms with Crippen molar-refractivity contribution in [2.75, 3.05) is 12.4 Å². The largest absolute Gasteiger partial charge is 0.464 e. The Labute approximate surface area is 102 Å². The van der Waals surface area contributed by atoms with Crippen molar-refractivity contribution in [2.24, 2.45) is 5.92 Å². The van der Waals surface area contributed by atoms with Gasteiger partial charge in [0, 0.05) is 17.9 Å². The highest BCUT2D eigenvalue weighted by Crippen LogP contribution is 2.15. The zero-order valence-electron chi connectivity index (χ0n) is 10.9. The van der Waals surface area contributed by atoms with Crippen molar-refractivity contribution in [1.29, 1.82) is 0 Å². The van der Waals surface area contributed by atoms with E-state index in [9.17, 15) is 4.79 Å². The Morgan fingerprint density at radius 2 is 2.24 bits per heavy atom. The highest BCUT2D eigenvalue weighted by Gasteiger charge is 2.12. The van der Waals surface area contributed by atoms with Crippen LogP contribution >= 0.6 is 0 Å². The van der Waals surface area contributed by atoms with Crippen LogP contribution < -0.4 is 5.32 Å². The van der Waals surface area contributed by atoms with Gasteiger partial charge in [-0.1, -0.05) is 20.8 Å². The molecular formula is C13H20N2O2. The molecule has 1 N–H and O–H groups in total. The maximum atomic E-state index is 11.3. The number of methoxy groups -OCH3 is 1. The van der Waals surface area contributed by atoms with Crippen LogP contribution in [0.15, 0.2) is 18.3 Å². The van der Waals surface area contributed by atoms with Gasteiger partial charge in [-0.25, -0.2) is 9.78 Å². The van der Waals surface area contributed by atoms with E-state index in [1.165, 1.54) is 7.11 Å². The molecular weight excluding hydrogens is 216 g/mol. The van der Waals surface area contributed by atoms with Crippen molar-refractivity contribution >= 4 is 11.7 Å². The van der Waals surface area contributed by atoms with Crippen molar-refractivity contribution in [3.63, 3.8) is 0 Å². The molecule has 0 radical (unpaired) electrons. The van der Waals surface area contributed by atoms with Gasteiger partial charge in [-0.05, 0) is 24.5 Å². The zero-order valence-corrected chi connectivity index (χ0v) is 10.9. The summed E-state index contributed by atoms with van der Waals surface area (Å²) in [5.74, 6) is 0.126. The average Bonchev–Trinajstić information content (AvgIpc) is 2.34. The normalized spacial score (nSPS) is 12.3. The second-order valence-corrected chi connectivity index (χ2v) is 4.32. The molecule has 0 aliphatic carbocycles. The number of carbonyl (C=O) groups excluding carboxylic acids is 1. The molecule has 1 aromatic heterocycles. The lowest BCUT2D eigenvalue weighted by atomic mass is 10.0. The number of carbonyl (C=O) groups is 1. The summed E-state index contributed by atoms with van der Waals surface area (Å²) in [5.41, 5.74) is 1.23. The lowest BCUT2D eigenvalue weighted by Crippen LogP contribution is -2.24.